The fraction of sp³-hybridized carbons (Fsp3) is 0.300. The van der Waals surface area contributed by atoms with E-state index < -0.39 is 0 Å². The molecule has 3 amide bonds. The first-order chi connectivity index (χ1) is 19.0. The Labute approximate surface area is 231 Å². The molecule has 2 aliphatic heterocycles. The molecule has 1 atom stereocenters. The van der Waals surface area contributed by atoms with Crippen molar-refractivity contribution in [3.05, 3.63) is 71.2 Å². The van der Waals surface area contributed by atoms with E-state index in [0.29, 0.717) is 22.0 Å². The molecule has 4 aromatic rings. The third-order valence-electron chi connectivity index (χ3n) is 7.22. The van der Waals surface area contributed by atoms with Crippen molar-refractivity contribution in [2.45, 2.75) is 39.2 Å². The van der Waals surface area contributed by atoms with E-state index in [-0.39, 0.29) is 18.0 Å². The largest absolute Gasteiger partial charge is 0.457 e. The standard InChI is InChI=1S/C30H31N5O3S/c1-3-15-34-16-7-8-20(18-34)32-28(36)27-26-25-24(13-14-31-29(25)39-27)35(30(37)33-26)23-12-11-22(17-19(23)2)38-21-9-5-4-6-10-21/h4-6,9-14,17,20H,3,7-8,15-16,18H2,1-2H3,(H,32,36)(H,33,37). The number of aromatic nitrogens is 1. The Bertz CT molecular complexity index is 1530. The Morgan fingerprint density at radius 3 is 2.79 bits per heavy atom. The molecule has 8 nitrogen and oxygen atoms in total. The van der Waals surface area contributed by atoms with E-state index in [0.717, 1.165) is 66.1 Å². The normalized spacial score (nSPS) is 17.2. The third kappa shape index (κ3) is 4.95. The number of carbonyl (C=O) groups excluding carboxylic acids is 2. The number of likely N-dealkylation sites (tertiary alicyclic amines) is 1. The summed E-state index contributed by atoms with van der Waals surface area (Å²) in [6.45, 7) is 7.10. The zero-order chi connectivity index (χ0) is 26.9. The minimum absolute atomic E-state index is 0.0951. The van der Waals surface area contributed by atoms with Gasteiger partial charge in [-0.1, -0.05) is 25.1 Å². The maximum atomic E-state index is 13.5. The van der Waals surface area contributed by atoms with E-state index in [2.05, 4.69) is 27.4 Å². The van der Waals surface area contributed by atoms with E-state index in [1.807, 2.05) is 61.5 Å². The van der Waals surface area contributed by atoms with Gasteiger partial charge in [-0.2, -0.15) is 0 Å². The number of para-hydroxylation sites is 1. The summed E-state index contributed by atoms with van der Waals surface area (Å²) in [5, 5.41) is 7.01. The number of aryl methyl sites for hydroxylation is 1. The predicted molar refractivity (Wildman–Crippen MR) is 156 cm³/mol. The van der Waals surface area contributed by atoms with Crippen molar-refractivity contribution in [2.24, 2.45) is 0 Å². The van der Waals surface area contributed by atoms with Crippen LogP contribution in [0.5, 0.6) is 11.5 Å². The zero-order valence-electron chi connectivity index (χ0n) is 22.1. The molecular weight excluding hydrogens is 510 g/mol. The molecule has 1 fully saturated rings. The van der Waals surface area contributed by atoms with Gasteiger partial charge < -0.3 is 20.3 Å². The van der Waals surface area contributed by atoms with Crippen LogP contribution in [0.2, 0.25) is 0 Å². The lowest BCUT2D eigenvalue weighted by Gasteiger charge is -2.33. The molecule has 0 spiro atoms. The van der Waals surface area contributed by atoms with Crippen LogP contribution in [0.4, 0.5) is 21.9 Å². The second kappa shape index (κ2) is 10.7. The lowest BCUT2D eigenvalue weighted by molar-refractivity contribution is 0.0908. The number of pyridine rings is 1. The number of urea groups is 1. The number of nitrogens with zero attached hydrogens (tertiary/aromatic N) is 3. The van der Waals surface area contributed by atoms with Gasteiger partial charge in [-0.05, 0) is 81.2 Å². The highest BCUT2D eigenvalue weighted by Crippen LogP contribution is 2.46. The smallest absolute Gasteiger partial charge is 0.331 e. The van der Waals surface area contributed by atoms with Crippen molar-refractivity contribution in [3.63, 3.8) is 0 Å². The fourth-order valence-corrected chi connectivity index (χ4v) is 6.52. The predicted octanol–water partition coefficient (Wildman–Crippen LogP) is 6.68. The molecule has 4 heterocycles. The van der Waals surface area contributed by atoms with Crippen LogP contribution in [-0.4, -0.2) is 47.5 Å². The van der Waals surface area contributed by atoms with E-state index >= 15 is 0 Å². The van der Waals surface area contributed by atoms with Gasteiger partial charge in [0.25, 0.3) is 5.91 Å². The molecule has 1 saturated heterocycles. The van der Waals surface area contributed by atoms with Crippen LogP contribution in [0.25, 0.3) is 10.2 Å². The summed E-state index contributed by atoms with van der Waals surface area (Å²) < 4.78 is 5.98. The quantitative estimate of drug-likeness (QED) is 0.272. The molecule has 2 aromatic heterocycles. The number of anilines is 3. The highest BCUT2D eigenvalue weighted by Gasteiger charge is 2.34. The van der Waals surface area contributed by atoms with Crippen LogP contribution in [0.15, 0.2) is 60.8 Å². The van der Waals surface area contributed by atoms with Gasteiger partial charge >= 0.3 is 6.03 Å². The lowest BCUT2D eigenvalue weighted by Crippen LogP contribution is -2.47. The first kappa shape index (κ1) is 25.3. The number of amides is 3. The number of rotatable bonds is 7. The van der Waals surface area contributed by atoms with Gasteiger partial charge in [-0.25, -0.2) is 9.78 Å². The summed E-state index contributed by atoms with van der Waals surface area (Å²) in [6.07, 6.45) is 4.81. The van der Waals surface area contributed by atoms with E-state index in [1.165, 1.54) is 11.3 Å². The van der Waals surface area contributed by atoms with Crippen LogP contribution in [0.3, 0.4) is 0 Å². The Balaban J connectivity index is 1.29. The number of hydrogen-bond acceptors (Lipinski definition) is 6. The Kier molecular flexibility index (Phi) is 6.93. The summed E-state index contributed by atoms with van der Waals surface area (Å²) in [7, 11) is 0. The molecule has 0 bridgehead atoms. The Hall–Kier alpha value is -3.95. The van der Waals surface area contributed by atoms with Crippen molar-refractivity contribution < 1.29 is 14.3 Å². The molecule has 1 unspecified atom stereocenters. The average Bonchev–Trinajstić information content (AvgIpc) is 3.30. The van der Waals surface area contributed by atoms with Crippen LogP contribution < -0.4 is 20.3 Å². The second-order valence-corrected chi connectivity index (χ2v) is 11.1. The maximum absolute atomic E-state index is 13.5. The van der Waals surface area contributed by atoms with E-state index in [9.17, 15) is 9.59 Å². The van der Waals surface area contributed by atoms with Gasteiger partial charge in [-0.15, -0.1) is 11.3 Å². The Morgan fingerprint density at radius 1 is 1.15 bits per heavy atom. The molecule has 0 radical (unpaired) electrons. The summed E-state index contributed by atoms with van der Waals surface area (Å²) in [5.41, 5.74) is 2.87. The van der Waals surface area contributed by atoms with Crippen molar-refractivity contribution >= 4 is 50.6 Å². The zero-order valence-corrected chi connectivity index (χ0v) is 22.9. The van der Waals surface area contributed by atoms with E-state index in [1.54, 1.807) is 11.1 Å². The molecule has 9 heteroatoms. The monoisotopic (exact) mass is 541 g/mol. The number of carbonyl (C=O) groups is 2. The van der Waals surface area contributed by atoms with Crippen molar-refractivity contribution in [3.8, 4) is 11.5 Å². The minimum Gasteiger partial charge on any atom is -0.457 e. The number of piperidine rings is 1. The van der Waals surface area contributed by atoms with Gasteiger partial charge in [0.1, 0.15) is 21.2 Å². The molecule has 200 valence electrons. The topological polar surface area (TPSA) is 86.8 Å². The lowest BCUT2D eigenvalue weighted by atomic mass is 10.1. The van der Waals surface area contributed by atoms with Crippen molar-refractivity contribution in [2.75, 3.05) is 29.9 Å². The summed E-state index contributed by atoms with van der Waals surface area (Å²) in [5.74, 6) is 1.28. The number of ether oxygens (including phenoxy) is 1. The first-order valence-corrected chi connectivity index (χ1v) is 14.2. The number of thiophene rings is 1. The van der Waals surface area contributed by atoms with Crippen LogP contribution in [-0.2, 0) is 0 Å². The maximum Gasteiger partial charge on any atom is 0.331 e. The highest BCUT2D eigenvalue weighted by molar-refractivity contribution is 7.21. The minimum atomic E-state index is -0.311. The van der Waals surface area contributed by atoms with Gasteiger partial charge in [0.2, 0.25) is 0 Å². The molecule has 6 rings (SSSR count). The van der Waals surface area contributed by atoms with Crippen molar-refractivity contribution in [1.29, 1.82) is 0 Å². The van der Waals surface area contributed by atoms with Gasteiger partial charge in [0.05, 0.1) is 22.4 Å². The SMILES string of the molecule is CCCN1CCCC(NC(=O)c2sc3nccc4c3c2NC(=O)N4c2ccc(Oc3ccccc3)cc2C)C1. The Morgan fingerprint density at radius 2 is 2.00 bits per heavy atom. The van der Waals surface area contributed by atoms with Crippen LogP contribution in [0.1, 0.15) is 41.4 Å². The van der Waals surface area contributed by atoms with Gasteiger partial charge in [0.15, 0.2) is 0 Å². The summed E-state index contributed by atoms with van der Waals surface area (Å²) in [4.78, 5) is 36.8. The second-order valence-electron chi connectivity index (χ2n) is 10.1. The average molecular weight is 542 g/mol. The van der Waals surface area contributed by atoms with Crippen molar-refractivity contribution in [1.82, 2.24) is 15.2 Å². The summed E-state index contributed by atoms with van der Waals surface area (Å²) >= 11 is 1.32. The van der Waals surface area contributed by atoms with Crippen LogP contribution in [0, 0.1) is 6.92 Å². The van der Waals surface area contributed by atoms with Gasteiger partial charge in [0, 0.05) is 18.8 Å². The highest BCUT2D eigenvalue weighted by atomic mass is 32.1. The number of nitrogens with one attached hydrogen (secondary N) is 2. The van der Waals surface area contributed by atoms with Crippen LogP contribution >= 0.6 is 11.3 Å². The number of benzene rings is 2. The molecule has 2 aromatic carbocycles. The van der Waals surface area contributed by atoms with E-state index in [4.69, 9.17) is 4.74 Å². The molecule has 2 aliphatic rings. The number of hydrogen-bond donors (Lipinski definition) is 2. The first-order valence-electron chi connectivity index (χ1n) is 13.4. The van der Waals surface area contributed by atoms with Gasteiger partial charge in [-0.3, -0.25) is 9.69 Å². The summed E-state index contributed by atoms with van der Waals surface area (Å²) in [6, 6.07) is 16.9. The molecule has 0 saturated carbocycles. The molecule has 0 aliphatic carbocycles. The molecule has 2 N–H and O–H groups in total. The molecular formula is C30H31N5O3S. The molecule has 39 heavy (non-hydrogen) atoms. The fourth-order valence-electron chi connectivity index (χ4n) is 5.49. The third-order valence-corrected chi connectivity index (χ3v) is 8.32.